The van der Waals surface area contributed by atoms with Gasteiger partial charge in [0.1, 0.15) is 24.4 Å². The predicted molar refractivity (Wildman–Crippen MR) is 94.2 cm³/mol. The molecule has 0 bridgehead atoms. The van der Waals surface area contributed by atoms with Gasteiger partial charge in [-0.25, -0.2) is 0 Å². The van der Waals surface area contributed by atoms with Gasteiger partial charge < -0.3 is 30.6 Å². The van der Waals surface area contributed by atoms with E-state index >= 15 is 0 Å². The minimum atomic E-state index is -2.11. The molecular formula is C18H34O8. The maximum Gasteiger partial charge on any atom is 0.229 e. The molecule has 7 unspecified atom stereocenters. The zero-order valence-electron chi connectivity index (χ0n) is 15.9. The fourth-order valence-corrected chi connectivity index (χ4v) is 3.04. The second kappa shape index (κ2) is 11.7. The molecule has 0 heterocycles. The normalized spacial score (nSPS) is 27.7. The molecule has 1 rings (SSSR count). The fraction of sp³-hybridized carbons (Fsp3) is 0.889. The summed E-state index contributed by atoms with van der Waals surface area (Å²) in [7, 11) is 0. The van der Waals surface area contributed by atoms with Gasteiger partial charge in [-0.05, 0) is 30.6 Å². The summed E-state index contributed by atoms with van der Waals surface area (Å²) in [6, 6.07) is 0. The van der Waals surface area contributed by atoms with Gasteiger partial charge in [0.2, 0.25) is 5.78 Å². The topological polar surface area (TPSA) is 156 Å². The Labute approximate surface area is 154 Å². The van der Waals surface area contributed by atoms with E-state index in [4.69, 9.17) is 25.5 Å². The van der Waals surface area contributed by atoms with E-state index in [-0.39, 0.29) is 6.10 Å². The van der Waals surface area contributed by atoms with Crippen LogP contribution in [-0.4, -0.2) is 79.3 Å². The van der Waals surface area contributed by atoms with Crippen LogP contribution in [0.4, 0.5) is 0 Å². The Balaban J connectivity index is 0.000000502. The van der Waals surface area contributed by atoms with Crippen LogP contribution in [0, 0.1) is 17.8 Å². The summed E-state index contributed by atoms with van der Waals surface area (Å²) in [6.07, 6.45) is -4.23. The van der Waals surface area contributed by atoms with Crippen LogP contribution < -0.4 is 0 Å². The van der Waals surface area contributed by atoms with E-state index in [0.29, 0.717) is 11.8 Å². The quantitative estimate of drug-likeness (QED) is 0.309. The van der Waals surface area contributed by atoms with Crippen LogP contribution in [0.2, 0.25) is 0 Å². The first-order valence-electron chi connectivity index (χ1n) is 8.99. The number of ketones is 2. The molecule has 0 radical (unpaired) electrons. The molecule has 6 N–H and O–H groups in total. The number of hydrogen-bond donors (Lipinski definition) is 6. The van der Waals surface area contributed by atoms with Gasteiger partial charge in [-0.2, -0.15) is 0 Å². The van der Waals surface area contributed by atoms with Crippen molar-refractivity contribution in [2.75, 3.05) is 6.61 Å². The zero-order valence-corrected chi connectivity index (χ0v) is 15.9. The lowest BCUT2D eigenvalue weighted by Crippen LogP contribution is -2.49. The molecule has 1 aliphatic rings. The van der Waals surface area contributed by atoms with Crippen molar-refractivity contribution in [3.05, 3.63) is 0 Å². The van der Waals surface area contributed by atoms with Gasteiger partial charge >= 0.3 is 0 Å². The van der Waals surface area contributed by atoms with Crippen molar-refractivity contribution in [2.24, 2.45) is 17.8 Å². The van der Waals surface area contributed by atoms with Crippen molar-refractivity contribution >= 4 is 11.6 Å². The first kappa shape index (κ1) is 25.1. The Hall–Kier alpha value is -0.900. The number of carbonyl (C=O) groups excluding carboxylic acids is 2. The van der Waals surface area contributed by atoms with Crippen molar-refractivity contribution in [1.29, 1.82) is 0 Å². The summed E-state index contributed by atoms with van der Waals surface area (Å²) in [5, 5.41) is 54.4. The average molecular weight is 378 g/mol. The van der Waals surface area contributed by atoms with Crippen molar-refractivity contribution in [1.82, 2.24) is 0 Å². The molecule has 1 fully saturated rings. The van der Waals surface area contributed by atoms with Crippen molar-refractivity contribution in [3.8, 4) is 0 Å². The van der Waals surface area contributed by atoms with Gasteiger partial charge in [0.15, 0.2) is 5.78 Å². The van der Waals surface area contributed by atoms with Gasteiger partial charge in [0.05, 0.1) is 12.7 Å². The molecule has 26 heavy (non-hydrogen) atoms. The number of hydrogen-bond acceptors (Lipinski definition) is 8. The molecular weight excluding hydrogens is 344 g/mol. The van der Waals surface area contributed by atoms with E-state index in [1.807, 2.05) is 0 Å². The van der Waals surface area contributed by atoms with Crippen LogP contribution in [0.15, 0.2) is 0 Å². The number of carbonyl (C=O) groups is 2. The smallest absolute Gasteiger partial charge is 0.229 e. The Morgan fingerprint density at radius 1 is 1.04 bits per heavy atom. The summed E-state index contributed by atoms with van der Waals surface area (Å²) in [4.78, 5) is 21.4. The molecule has 1 saturated carbocycles. The molecule has 8 nitrogen and oxygen atoms in total. The molecule has 1 aliphatic carbocycles. The second-order valence-electron chi connectivity index (χ2n) is 7.49. The van der Waals surface area contributed by atoms with Crippen molar-refractivity contribution < 1.29 is 40.2 Å². The third kappa shape index (κ3) is 7.77. The van der Waals surface area contributed by atoms with E-state index in [9.17, 15) is 14.7 Å². The van der Waals surface area contributed by atoms with E-state index < -0.39 is 42.6 Å². The monoisotopic (exact) mass is 378 g/mol. The third-order valence-electron chi connectivity index (χ3n) is 4.86. The lowest BCUT2D eigenvalue weighted by molar-refractivity contribution is -0.153. The van der Waals surface area contributed by atoms with Crippen molar-refractivity contribution in [2.45, 2.75) is 77.5 Å². The van der Waals surface area contributed by atoms with E-state index in [1.165, 1.54) is 12.8 Å². The maximum absolute atomic E-state index is 10.9. The fourth-order valence-electron chi connectivity index (χ4n) is 3.04. The molecule has 154 valence electrons. The highest BCUT2D eigenvalue weighted by Crippen LogP contribution is 2.33. The van der Waals surface area contributed by atoms with E-state index in [2.05, 4.69) is 20.8 Å². The summed E-state index contributed by atoms with van der Waals surface area (Å²) in [5.74, 6) is -0.303. The molecule has 0 spiro atoms. The zero-order chi connectivity index (χ0) is 20.6. The Bertz CT molecular complexity index is 439. The molecule has 7 atom stereocenters. The number of Topliss-reactive ketones (excluding diaryl/α,β-unsaturated/α-hetero) is 2. The highest BCUT2D eigenvalue weighted by molar-refractivity contribution is 6.38. The average Bonchev–Trinajstić information content (AvgIpc) is 2.58. The Morgan fingerprint density at radius 3 is 1.96 bits per heavy atom. The number of aliphatic hydroxyl groups excluding tert-OH is 6. The molecule has 0 aromatic heterocycles. The highest BCUT2D eigenvalue weighted by Gasteiger charge is 2.35. The summed E-state index contributed by atoms with van der Waals surface area (Å²) in [5.41, 5.74) is 0. The van der Waals surface area contributed by atoms with Crippen LogP contribution in [0.3, 0.4) is 0 Å². The molecule has 8 heteroatoms. The van der Waals surface area contributed by atoms with Crippen LogP contribution >= 0.6 is 0 Å². The van der Waals surface area contributed by atoms with Crippen LogP contribution in [0.25, 0.3) is 0 Å². The molecule has 0 aliphatic heterocycles. The SMILES string of the molecule is CC(=O)C(=O)C(O)C(O)C(O)C(O)CO.CC1CCC(C(C)C)C(O)C1. The highest BCUT2D eigenvalue weighted by atomic mass is 16.4. The molecule has 0 aromatic rings. The minimum Gasteiger partial charge on any atom is -0.394 e. The lowest BCUT2D eigenvalue weighted by Gasteiger charge is -2.33. The first-order chi connectivity index (χ1) is 11.9. The van der Waals surface area contributed by atoms with Crippen LogP contribution in [0.1, 0.15) is 47.0 Å². The number of aliphatic hydroxyl groups is 6. The van der Waals surface area contributed by atoms with Crippen molar-refractivity contribution in [3.63, 3.8) is 0 Å². The number of rotatable bonds is 7. The Morgan fingerprint density at radius 2 is 1.58 bits per heavy atom. The third-order valence-corrected chi connectivity index (χ3v) is 4.86. The summed E-state index contributed by atoms with van der Waals surface area (Å²) < 4.78 is 0. The summed E-state index contributed by atoms with van der Waals surface area (Å²) in [6.45, 7) is 6.71. The van der Waals surface area contributed by atoms with Gasteiger partial charge in [-0.15, -0.1) is 0 Å². The largest absolute Gasteiger partial charge is 0.394 e. The predicted octanol–water partition coefficient (Wildman–Crippen LogP) is -0.980. The van der Waals surface area contributed by atoms with Gasteiger partial charge in [0.25, 0.3) is 0 Å². The first-order valence-corrected chi connectivity index (χ1v) is 8.99. The van der Waals surface area contributed by atoms with Crippen LogP contribution in [-0.2, 0) is 9.59 Å². The van der Waals surface area contributed by atoms with E-state index in [1.54, 1.807) is 0 Å². The lowest BCUT2D eigenvalue weighted by atomic mass is 9.75. The van der Waals surface area contributed by atoms with Crippen LogP contribution in [0.5, 0.6) is 0 Å². The molecule has 0 amide bonds. The maximum atomic E-state index is 10.9. The van der Waals surface area contributed by atoms with Gasteiger partial charge in [0, 0.05) is 6.92 Å². The molecule has 0 saturated heterocycles. The molecule has 0 aromatic carbocycles. The standard InChI is InChI=1S/C10H20O.C8H14O7/c1-7(2)9-5-4-8(3)6-10(9)11;1-3(10)5(12)7(14)8(15)6(13)4(11)2-9/h7-11H,4-6H2,1-3H3;4,6-9,11,13-15H,2H2,1H3. The van der Waals surface area contributed by atoms with Gasteiger partial charge in [-0.3, -0.25) is 9.59 Å². The van der Waals surface area contributed by atoms with Gasteiger partial charge in [-0.1, -0.05) is 27.2 Å². The Kier molecular flexibility index (Phi) is 11.3. The second-order valence-corrected chi connectivity index (χ2v) is 7.49. The summed E-state index contributed by atoms with van der Waals surface area (Å²) >= 11 is 0. The minimum absolute atomic E-state index is 0.0289. The van der Waals surface area contributed by atoms with E-state index in [0.717, 1.165) is 19.3 Å².